The highest BCUT2D eigenvalue weighted by atomic mass is 16.2. The Kier molecular flexibility index (Phi) is 4.73. The van der Waals surface area contributed by atoms with Gasteiger partial charge in [0.2, 0.25) is 5.91 Å². The van der Waals surface area contributed by atoms with Crippen molar-refractivity contribution in [1.29, 1.82) is 0 Å². The van der Waals surface area contributed by atoms with Crippen LogP contribution in [0, 0.1) is 0 Å². The summed E-state index contributed by atoms with van der Waals surface area (Å²) in [6.07, 6.45) is 2.05. The minimum absolute atomic E-state index is 0.115. The van der Waals surface area contributed by atoms with Crippen LogP contribution in [-0.2, 0) is 4.79 Å². The van der Waals surface area contributed by atoms with Crippen molar-refractivity contribution in [2.75, 3.05) is 6.54 Å². The Morgan fingerprint density at radius 2 is 1.76 bits per heavy atom. The van der Waals surface area contributed by atoms with Gasteiger partial charge in [-0.05, 0) is 25.5 Å². The molecule has 112 valence electrons. The Bertz CT molecular complexity index is 533. The first kappa shape index (κ1) is 15.2. The third-order valence-electron chi connectivity index (χ3n) is 3.57. The van der Waals surface area contributed by atoms with Crippen molar-refractivity contribution in [2.45, 2.75) is 39.2 Å². The predicted molar refractivity (Wildman–Crippen MR) is 78.9 cm³/mol. The van der Waals surface area contributed by atoms with Crippen LogP contribution in [0.2, 0.25) is 0 Å². The molecule has 1 aliphatic rings. The molecule has 1 N–H and O–H groups in total. The minimum Gasteiger partial charge on any atom is -0.354 e. The summed E-state index contributed by atoms with van der Waals surface area (Å²) in [5.41, 5.74) is 0.838. The van der Waals surface area contributed by atoms with E-state index in [1.807, 2.05) is 6.92 Å². The first-order valence-corrected chi connectivity index (χ1v) is 7.29. The van der Waals surface area contributed by atoms with Crippen molar-refractivity contribution in [3.05, 3.63) is 35.4 Å². The highest BCUT2D eigenvalue weighted by Crippen LogP contribution is 2.22. The second-order valence-electron chi connectivity index (χ2n) is 5.31. The number of rotatable bonds is 6. The fraction of sp³-hybridized carbons (Fsp3) is 0.438. The molecule has 0 aliphatic carbocycles. The van der Waals surface area contributed by atoms with Gasteiger partial charge in [0.25, 0.3) is 11.8 Å². The zero-order chi connectivity index (χ0) is 15.4. The summed E-state index contributed by atoms with van der Waals surface area (Å²) in [6.45, 7) is 4.13. The molecule has 0 radical (unpaired) electrons. The molecule has 1 aliphatic heterocycles. The molecule has 21 heavy (non-hydrogen) atoms. The smallest absolute Gasteiger partial charge is 0.261 e. The van der Waals surface area contributed by atoms with Crippen molar-refractivity contribution >= 4 is 17.7 Å². The largest absolute Gasteiger partial charge is 0.354 e. The third kappa shape index (κ3) is 3.29. The Morgan fingerprint density at radius 3 is 2.29 bits per heavy atom. The maximum Gasteiger partial charge on any atom is 0.261 e. The summed E-state index contributed by atoms with van der Waals surface area (Å²) in [6, 6.07) is 6.85. The number of nitrogens with one attached hydrogen (secondary N) is 1. The number of imide groups is 1. The average molecular weight is 288 g/mol. The normalized spacial score (nSPS) is 15.0. The van der Waals surface area contributed by atoms with Crippen LogP contribution in [-0.4, -0.2) is 35.2 Å². The van der Waals surface area contributed by atoms with E-state index in [4.69, 9.17) is 0 Å². The van der Waals surface area contributed by atoms with Crippen LogP contribution < -0.4 is 5.32 Å². The Hall–Kier alpha value is -2.17. The van der Waals surface area contributed by atoms with E-state index in [1.165, 1.54) is 0 Å². The fourth-order valence-corrected chi connectivity index (χ4v) is 2.51. The molecule has 0 saturated carbocycles. The van der Waals surface area contributed by atoms with Crippen LogP contribution in [0.3, 0.4) is 0 Å². The lowest BCUT2D eigenvalue weighted by Gasteiger charge is -2.16. The molecule has 2 rings (SSSR count). The molecule has 1 aromatic carbocycles. The number of carbonyl (C=O) groups excluding carboxylic acids is 3. The molecule has 1 atom stereocenters. The van der Waals surface area contributed by atoms with Crippen molar-refractivity contribution in [1.82, 2.24) is 10.2 Å². The molecule has 0 aromatic heterocycles. The van der Waals surface area contributed by atoms with Crippen LogP contribution in [0.15, 0.2) is 24.3 Å². The fourth-order valence-electron chi connectivity index (χ4n) is 2.51. The summed E-state index contributed by atoms with van der Waals surface area (Å²) in [7, 11) is 0. The Morgan fingerprint density at radius 1 is 1.19 bits per heavy atom. The second-order valence-corrected chi connectivity index (χ2v) is 5.31. The maximum absolute atomic E-state index is 12.1. The van der Waals surface area contributed by atoms with E-state index in [0.29, 0.717) is 11.1 Å². The van der Waals surface area contributed by atoms with Gasteiger partial charge in [-0.1, -0.05) is 25.5 Å². The van der Waals surface area contributed by atoms with Gasteiger partial charge in [-0.25, -0.2) is 0 Å². The first-order chi connectivity index (χ1) is 10.0. The van der Waals surface area contributed by atoms with E-state index in [0.717, 1.165) is 17.7 Å². The number of amides is 3. The van der Waals surface area contributed by atoms with Gasteiger partial charge in [-0.2, -0.15) is 0 Å². The van der Waals surface area contributed by atoms with Crippen molar-refractivity contribution in [3.8, 4) is 0 Å². The van der Waals surface area contributed by atoms with Crippen LogP contribution >= 0.6 is 0 Å². The van der Waals surface area contributed by atoms with Gasteiger partial charge in [0.15, 0.2) is 0 Å². The lowest BCUT2D eigenvalue weighted by Crippen LogP contribution is -2.37. The summed E-state index contributed by atoms with van der Waals surface area (Å²) in [5.74, 6) is -0.762. The zero-order valence-corrected chi connectivity index (χ0v) is 12.4. The zero-order valence-electron chi connectivity index (χ0n) is 12.4. The van der Waals surface area contributed by atoms with E-state index >= 15 is 0 Å². The lowest BCUT2D eigenvalue weighted by molar-refractivity contribution is -0.121. The average Bonchev–Trinajstić information content (AvgIpc) is 2.70. The molecule has 1 aromatic rings. The van der Waals surface area contributed by atoms with Gasteiger partial charge in [0, 0.05) is 19.0 Å². The third-order valence-corrected chi connectivity index (χ3v) is 3.57. The molecular weight excluding hydrogens is 268 g/mol. The van der Waals surface area contributed by atoms with Gasteiger partial charge in [0.05, 0.1) is 11.1 Å². The molecule has 0 spiro atoms. The number of carbonyl (C=O) groups is 3. The maximum atomic E-state index is 12.1. The quantitative estimate of drug-likeness (QED) is 0.814. The Balaban J connectivity index is 1.92. The van der Waals surface area contributed by atoms with Gasteiger partial charge in [-0.3, -0.25) is 19.3 Å². The van der Waals surface area contributed by atoms with E-state index in [9.17, 15) is 14.4 Å². The molecular formula is C16H20N2O3. The number of hydrogen-bond donors (Lipinski definition) is 1. The minimum atomic E-state index is -0.315. The topological polar surface area (TPSA) is 66.5 Å². The first-order valence-electron chi connectivity index (χ1n) is 7.29. The number of nitrogens with zero attached hydrogens (tertiary/aromatic N) is 1. The highest BCUT2D eigenvalue weighted by Gasteiger charge is 2.34. The van der Waals surface area contributed by atoms with Crippen molar-refractivity contribution in [3.63, 3.8) is 0 Å². The number of benzene rings is 1. The standard InChI is InChI=1S/C16H20N2O3/c1-3-6-11(2)17-14(19)9-10-18-15(20)12-7-4-5-8-13(12)16(18)21/h4-5,7-8,11H,3,6,9-10H2,1-2H3,(H,17,19). The van der Waals surface area contributed by atoms with Crippen LogP contribution in [0.25, 0.3) is 0 Å². The molecule has 0 saturated heterocycles. The van der Waals surface area contributed by atoms with E-state index in [2.05, 4.69) is 12.2 Å². The summed E-state index contributed by atoms with van der Waals surface area (Å²) >= 11 is 0. The number of fused-ring (bicyclic) bond motifs is 1. The van der Waals surface area contributed by atoms with E-state index < -0.39 is 0 Å². The molecule has 0 fully saturated rings. The lowest BCUT2D eigenvalue weighted by atomic mass is 10.1. The van der Waals surface area contributed by atoms with Crippen molar-refractivity contribution < 1.29 is 14.4 Å². The van der Waals surface area contributed by atoms with Gasteiger partial charge < -0.3 is 5.32 Å². The van der Waals surface area contributed by atoms with Crippen LogP contribution in [0.5, 0.6) is 0 Å². The molecule has 1 heterocycles. The molecule has 5 heteroatoms. The summed E-state index contributed by atoms with van der Waals surface area (Å²) in [4.78, 5) is 37.2. The van der Waals surface area contributed by atoms with E-state index in [1.54, 1.807) is 24.3 Å². The number of hydrogen-bond acceptors (Lipinski definition) is 3. The summed E-state index contributed by atoms with van der Waals surface area (Å²) in [5, 5.41) is 2.87. The SMILES string of the molecule is CCCC(C)NC(=O)CCN1C(=O)c2ccccc2C1=O. The highest BCUT2D eigenvalue weighted by molar-refractivity contribution is 6.21. The van der Waals surface area contributed by atoms with E-state index in [-0.39, 0.29) is 36.7 Å². The monoisotopic (exact) mass is 288 g/mol. The van der Waals surface area contributed by atoms with Gasteiger partial charge in [0.1, 0.15) is 0 Å². The Labute approximate surface area is 124 Å². The van der Waals surface area contributed by atoms with Gasteiger partial charge in [-0.15, -0.1) is 0 Å². The molecule has 1 unspecified atom stereocenters. The molecule has 3 amide bonds. The summed E-state index contributed by atoms with van der Waals surface area (Å²) < 4.78 is 0. The molecule has 0 bridgehead atoms. The van der Waals surface area contributed by atoms with Crippen LogP contribution in [0.1, 0.15) is 53.8 Å². The van der Waals surface area contributed by atoms with Crippen molar-refractivity contribution in [2.24, 2.45) is 0 Å². The second kappa shape index (κ2) is 6.52. The van der Waals surface area contributed by atoms with Gasteiger partial charge >= 0.3 is 0 Å². The van der Waals surface area contributed by atoms with Crippen LogP contribution in [0.4, 0.5) is 0 Å². The predicted octanol–water partition coefficient (Wildman–Crippen LogP) is 1.98. The molecule has 5 nitrogen and oxygen atoms in total.